The van der Waals surface area contributed by atoms with Crippen LogP contribution in [0.1, 0.15) is 60.0 Å². The molecular formula is C28H31N3O3. The van der Waals surface area contributed by atoms with E-state index in [2.05, 4.69) is 39.6 Å². The van der Waals surface area contributed by atoms with Crippen LogP contribution in [0.2, 0.25) is 0 Å². The highest BCUT2D eigenvalue weighted by molar-refractivity contribution is 5.90. The van der Waals surface area contributed by atoms with Gasteiger partial charge in [0.05, 0.1) is 18.3 Å². The molecular weight excluding hydrogens is 426 g/mol. The summed E-state index contributed by atoms with van der Waals surface area (Å²) in [6, 6.07) is 22.3. The van der Waals surface area contributed by atoms with Gasteiger partial charge < -0.3 is 15.2 Å². The number of fused-ring (bicyclic) bond motifs is 1. The Bertz CT molecular complexity index is 1080. The van der Waals surface area contributed by atoms with E-state index < -0.39 is 6.10 Å². The molecule has 34 heavy (non-hydrogen) atoms. The van der Waals surface area contributed by atoms with Crippen LogP contribution in [0.15, 0.2) is 79.1 Å². The van der Waals surface area contributed by atoms with Gasteiger partial charge in [-0.3, -0.25) is 4.79 Å². The van der Waals surface area contributed by atoms with Gasteiger partial charge in [0.25, 0.3) is 5.91 Å². The van der Waals surface area contributed by atoms with Gasteiger partial charge in [-0.15, -0.1) is 0 Å². The molecule has 1 saturated carbocycles. The molecule has 176 valence electrons. The van der Waals surface area contributed by atoms with Crippen molar-refractivity contribution in [2.75, 3.05) is 6.54 Å². The molecule has 3 aromatic rings. The standard InChI is InChI=1S/C28H31N3O3/c32-23-18-25(20-8-3-1-4-9-20)34-24-13-15-28(14-12-22(23)24,21-10-5-2-6-11-21)19-31-27(33)26-29-16-7-17-30-26/h1-11,16-17,22-25,32H,12-15,18-19H2,(H,31,33)/t22-,23+,24+,25+,28+/m1/s1. The molecule has 6 heteroatoms. The topological polar surface area (TPSA) is 84.3 Å². The summed E-state index contributed by atoms with van der Waals surface area (Å²) in [5.74, 6) is 0.00849. The number of carbonyl (C=O) groups is 1. The van der Waals surface area contributed by atoms with Crippen molar-refractivity contribution in [1.29, 1.82) is 0 Å². The summed E-state index contributed by atoms with van der Waals surface area (Å²) in [6.07, 6.45) is 6.68. The lowest BCUT2D eigenvalue weighted by Gasteiger charge is -2.39. The van der Waals surface area contributed by atoms with E-state index in [9.17, 15) is 9.90 Å². The minimum atomic E-state index is -0.400. The Labute approximate surface area is 200 Å². The lowest BCUT2D eigenvalue weighted by molar-refractivity contribution is -0.139. The molecule has 1 saturated heterocycles. The van der Waals surface area contributed by atoms with E-state index in [0.717, 1.165) is 31.2 Å². The van der Waals surface area contributed by atoms with Crippen molar-refractivity contribution in [2.45, 2.75) is 55.8 Å². The molecule has 0 bridgehead atoms. The van der Waals surface area contributed by atoms with Gasteiger partial charge in [-0.2, -0.15) is 0 Å². The van der Waals surface area contributed by atoms with E-state index in [1.807, 2.05) is 36.4 Å². The Morgan fingerprint density at radius 2 is 1.65 bits per heavy atom. The number of benzene rings is 2. The van der Waals surface area contributed by atoms with Crippen LogP contribution < -0.4 is 5.32 Å². The maximum atomic E-state index is 12.7. The SMILES string of the molecule is O=C(NC[C@]1(c2ccccc2)CC[C@H]2[C@H](CC1)O[C@H](c1ccccc1)C[C@@H]2O)c1ncccn1. The minimum Gasteiger partial charge on any atom is -0.393 e. The first-order chi connectivity index (χ1) is 16.6. The number of nitrogens with zero attached hydrogens (tertiary/aromatic N) is 2. The number of aromatic nitrogens is 2. The Balaban J connectivity index is 1.37. The number of hydrogen-bond donors (Lipinski definition) is 2. The van der Waals surface area contributed by atoms with Crippen LogP contribution in [0.4, 0.5) is 0 Å². The number of amides is 1. The highest BCUT2D eigenvalue weighted by Crippen LogP contribution is 2.46. The summed E-state index contributed by atoms with van der Waals surface area (Å²) in [4.78, 5) is 20.9. The van der Waals surface area contributed by atoms with Crippen molar-refractivity contribution >= 4 is 5.91 Å². The number of hydrogen-bond acceptors (Lipinski definition) is 5. The summed E-state index contributed by atoms with van der Waals surface area (Å²) < 4.78 is 6.58. The van der Waals surface area contributed by atoms with Crippen LogP contribution in [0.5, 0.6) is 0 Å². The predicted octanol–water partition coefficient (Wildman–Crippen LogP) is 4.23. The summed E-state index contributed by atoms with van der Waals surface area (Å²) in [5, 5.41) is 14.2. The van der Waals surface area contributed by atoms with Gasteiger partial charge in [-0.25, -0.2) is 9.97 Å². The Hall–Kier alpha value is -3.09. The van der Waals surface area contributed by atoms with Crippen molar-refractivity contribution in [3.05, 3.63) is 96.1 Å². The third-order valence-corrected chi connectivity index (χ3v) is 7.54. The molecule has 2 aliphatic rings. The van der Waals surface area contributed by atoms with Gasteiger partial charge in [0.15, 0.2) is 0 Å². The first-order valence-electron chi connectivity index (χ1n) is 12.1. The van der Waals surface area contributed by atoms with Crippen LogP contribution >= 0.6 is 0 Å². The van der Waals surface area contributed by atoms with Gasteiger partial charge in [-0.1, -0.05) is 60.7 Å². The smallest absolute Gasteiger partial charge is 0.289 e. The van der Waals surface area contributed by atoms with Crippen LogP contribution in [0.3, 0.4) is 0 Å². The Morgan fingerprint density at radius 1 is 0.971 bits per heavy atom. The molecule has 1 amide bonds. The quantitative estimate of drug-likeness (QED) is 0.599. The third kappa shape index (κ3) is 4.74. The fraction of sp³-hybridized carbons (Fsp3) is 0.393. The number of ether oxygens (including phenoxy) is 1. The first-order valence-corrected chi connectivity index (χ1v) is 12.1. The zero-order valence-electron chi connectivity index (χ0n) is 19.2. The fourth-order valence-electron chi connectivity index (χ4n) is 5.64. The predicted molar refractivity (Wildman–Crippen MR) is 129 cm³/mol. The first kappa shape index (κ1) is 22.7. The average Bonchev–Trinajstić information content (AvgIpc) is 3.10. The van der Waals surface area contributed by atoms with Crippen LogP contribution in [-0.2, 0) is 10.2 Å². The monoisotopic (exact) mass is 457 g/mol. The van der Waals surface area contributed by atoms with Crippen molar-refractivity contribution in [1.82, 2.24) is 15.3 Å². The molecule has 1 aliphatic heterocycles. The second-order valence-corrected chi connectivity index (χ2v) is 9.52. The lowest BCUT2D eigenvalue weighted by atomic mass is 9.73. The maximum absolute atomic E-state index is 12.7. The van der Waals surface area contributed by atoms with Crippen LogP contribution in [-0.4, -0.2) is 39.7 Å². The van der Waals surface area contributed by atoms with Crippen molar-refractivity contribution in [3.63, 3.8) is 0 Å². The van der Waals surface area contributed by atoms with Gasteiger partial charge in [0.2, 0.25) is 5.82 Å². The number of rotatable bonds is 5. The van der Waals surface area contributed by atoms with Crippen LogP contribution in [0.25, 0.3) is 0 Å². The zero-order chi connectivity index (χ0) is 23.4. The van der Waals surface area contributed by atoms with E-state index in [0.29, 0.717) is 13.0 Å². The van der Waals surface area contributed by atoms with Gasteiger partial charge >= 0.3 is 0 Å². The molecule has 2 heterocycles. The van der Waals surface area contributed by atoms with E-state index in [4.69, 9.17) is 4.74 Å². The van der Waals surface area contributed by atoms with E-state index in [-0.39, 0.29) is 35.3 Å². The Morgan fingerprint density at radius 3 is 2.38 bits per heavy atom. The van der Waals surface area contributed by atoms with Crippen molar-refractivity contribution in [3.8, 4) is 0 Å². The van der Waals surface area contributed by atoms with Crippen molar-refractivity contribution in [2.24, 2.45) is 5.92 Å². The van der Waals surface area contributed by atoms with E-state index >= 15 is 0 Å². The number of aliphatic hydroxyl groups is 1. The largest absolute Gasteiger partial charge is 0.393 e. The van der Waals surface area contributed by atoms with Gasteiger partial charge in [0, 0.05) is 36.7 Å². The van der Waals surface area contributed by atoms with Crippen LogP contribution in [0, 0.1) is 5.92 Å². The minimum absolute atomic E-state index is 0.00676. The fourth-order valence-corrected chi connectivity index (χ4v) is 5.64. The second kappa shape index (κ2) is 10.0. The summed E-state index contributed by atoms with van der Waals surface area (Å²) in [7, 11) is 0. The number of aliphatic hydroxyl groups excluding tert-OH is 1. The molecule has 5 atom stereocenters. The van der Waals surface area contributed by atoms with E-state index in [1.54, 1.807) is 18.5 Å². The average molecular weight is 458 g/mol. The van der Waals surface area contributed by atoms with Gasteiger partial charge in [-0.05, 0) is 42.9 Å². The molecule has 2 aromatic carbocycles. The summed E-state index contributed by atoms with van der Waals surface area (Å²) in [5.41, 5.74) is 2.08. The highest BCUT2D eigenvalue weighted by Gasteiger charge is 2.44. The third-order valence-electron chi connectivity index (χ3n) is 7.54. The molecule has 1 aromatic heterocycles. The molecule has 0 unspecified atom stereocenters. The van der Waals surface area contributed by atoms with Crippen molar-refractivity contribution < 1.29 is 14.6 Å². The highest BCUT2D eigenvalue weighted by atomic mass is 16.5. The van der Waals surface area contributed by atoms with E-state index in [1.165, 1.54) is 5.56 Å². The second-order valence-electron chi connectivity index (χ2n) is 9.52. The zero-order valence-corrected chi connectivity index (χ0v) is 19.2. The summed E-state index contributed by atoms with van der Waals surface area (Å²) in [6.45, 7) is 0.492. The molecule has 6 nitrogen and oxygen atoms in total. The molecule has 2 fully saturated rings. The molecule has 5 rings (SSSR count). The maximum Gasteiger partial charge on any atom is 0.289 e. The molecule has 0 spiro atoms. The number of nitrogens with one attached hydrogen (secondary N) is 1. The molecule has 0 radical (unpaired) electrons. The summed E-state index contributed by atoms with van der Waals surface area (Å²) >= 11 is 0. The van der Waals surface area contributed by atoms with Gasteiger partial charge in [0.1, 0.15) is 0 Å². The molecule has 1 aliphatic carbocycles. The lowest BCUT2D eigenvalue weighted by Crippen LogP contribution is -2.41. The molecule has 2 N–H and O–H groups in total. The normalized spacial score (nSPS) is 29.0. The number of carbonyl (C=O) groups excluding carboxylic acids is 1. The Kier molecular flexibility index (Phi) is 6.70.